The van der Waals surface area contributed by atoms with E-state index in [1.807, 2.05) is 0 Å². The SMILES string of the molecule is CC/C=C\C/C=C\C/C=C\C/C=C\CCCCCC(=O)OCC(COC(=O)CCC/C=C\CCCCCC)OC(=O)CCCCCCCCCCCCCCCCC. The summed E-state index contributed by atoms with van der Waals surface area (Å²) in [7, 11) is 0. The van der Waals surface area contributed by atoms with E-state index in [0.717, 1.165) is 83.5 Å². The zero-order valence-electron chi connectivity index (χ0n) is 38.0. The molecular weight excluding hydrogens is 721 g/mol. The van der Waals surface area contributed by atoms with Gasteiger partial charge in [-0.25, -0.2) is 0 Å². The Labute approximate surface area is 358 Å². The Morgan fingerprint density at radius 3 is 1.16 bits per heavy atom. The second kappa shape index (κ2) is 46.8. The first kappa shape index (κ1) is 55.1. The van der Waals surface area contributed by atoms with E-state index in [-0.39, 0.29) is 31.1 Å². The third-order valence-corrected chi connectivity index (χ3v) is 10.3. The minimum absolute atomic E-state index is 0.0978. The smallest absolute Gasteiger partial charge is 0.306 e. The molecule has 0 aromatic heterocycles. The first-order valence-corrected chi connectivity index (χ1v) is 24.3. The molecule has 0 aliphatic heterocycles. The van der Waals surface area contributed by atoms with Crippen molar-refractivity contribution < 1.29 is 28.6 Å². The number of allylic oxidation sites excluding steroid dienone is 10. The van der Waals surface area contributed by atoms with Gasteiger partial charge in [-0.15, -0.1) is 0 Å². The molecule has 0 aromatic rings. The van der Waals surface area contributed by atoms with Crippen molar-refractivity contribution in [2.45, 2.75) is 239 Å². The van der Waals surface area contributed by atoms with Gasteiger partial charge in [-0.05, 0) is 77.0 Å². The maximum Gasteiger partial charge on any atom is 0.306 e. The van der Waals surface area contributed by atoms with Gasteiger partial charge in [0.05, 0.1) is 0 Å². The molecule has 0 aliphatic rings. The summed E-state index contributed by atoms with van der Waals surface area (Å²) in [5, 5.41) is 0. The minimum atomic E-state index is -0.794. The highest BCUT2D eigenvalue weighted by Crippen LogP contribution is 2.15. The van der Waals surface area contributed by atoms with E-state index < -0.39 is 6.10 Å². The monoisotopic (exact) mass is 811 g/mol. The predicted molar refractivity (Wildman–Crippen MR) is 247 cm³/mol. The van der Waals surface area contributed by atoms with Crippen molar-refractivity contribution in [1.82, 2.24) is 0 Å². The number of carbonyl (C=O) groups excluding carboxylic acids is 3. The highest BCUT2D eigenvalue weighted by molar-refractivity contribution is 5.71. The van der Waals surface area contributed by atoms with Crippen molar-refractivity contribution in [3.63, 3.8) is 0 Å². The number of rotatable bonds is 43. The predicted octanol–water partition coefficient (Wildman–Crippen LogP) is 15.7. The van der Waals surface area contributed by atoms with Crippen molar-refractivity contribution in [2.24, 2.45) is 0 Å². The molecule has 0 aliphatic carbocycles. The molecule has 0 aromatic carbocycles. The lowest BCUT2D eigenvalue weighted by molar-refractivity contribution is -0.167. The molecule has 6 heteroatoms. The topological polar surface area (TPSA) is 78.9 Å². The number of ether oxygens (including phenoxy) is 3. The van der Waals surface area contributed by atoms with Gasteiger partial charge in [0.25, 0.3) is 0 Å². The Morgan fingerprint density at radius 2 is 0.690 bits per heavy atom. The molecule has 0 saturated carbocycles. The van der Waals surface area contributed by atoms with E-state index in [9.17, 15) is 14.4 Å². The van der Waals surface area contributed by atoms with Crippen LogP contribution >= 0.6 is 0 Å². The standard InChI is InChI=1S/C52H90O6/c1-4-7-10-13-16-19-21-23-25-27-28-30-33-36-39-42-45-51(54)57-48-49(47-56-50(53)44-41-38-35-32-18-15-12-9-6-3)58-52(55)46-43-40-37-34-31-29-26-24-22-20-17-14-11-8-5-2/h7,10,16,19,23,25,28,30,32,35,49H,4-6,8-9,11-15,17-18,20-22,24,26-27,29,31,33-34,36-48H2,1-3H3/b10-7-,19-16-,25-23-,30-28-,35-32-. The second-order valence-electron chi connectivity index (χ2n) is 16.0. The summed E-state index contributed by atoms with van der Waals surface area (Å²) in [5.41, 5.74) is 0. The van der Waals surface area contributed by atoms with Crippen LogP contribution in [-0.2, 0) is 28.6 Å². The molecule has 0 N–H and O–H groups in total. The molecule has 0 fully saturated rings. The average Bonchev–Trinajstić information content (AvgIpc) is 3.22. The lowest BCUT2D eigenvalue weighted by Gasteiger charge is -2.18. The lowest BCUT2D eigenvalue weighted by Crippen LogP contribution is -2.30. The third-order valence-electron chi connectivity index (χ3n) is 10.3. The van der Waals surface area contributed by atoms with Gasteiger partial charge in [0.1, 0.15) is 13.2 Å². The summed E-state index contributed by atoms with van der Waals surface area (Å²) in [4.78, 5) is 37.8. The summed E-state index contributed by atoms with van der Waals surface area (Å²) < 4.78 is 16.7. The normalized spacial score (nSPS) is 12.5. The molecule has 0 radical (unpaired) electrons. The maximum absolute atomic E-state index is 12.7. The van der Waals surface area contributed by atoms with Crippen LogP contribution < -0.4 is 0 Å². The molecule has 334 valence electrons. The van der Waals surface area contributed by atoms with Crippen molar-refractivity contribution in [1.29, 1.82) is 0 Å². The van der Waals surface area contributed by atoms with Crippen LogP contribution in [0.3, 0.4) is 0 Å². The van der Waals surface area contributed by atoms with Gasteiger partial charge < -0.3 is 14.2 Å². The summed E-state index contributed by atoms with van der Waals surface area (Å²) in [6.45, 7) is 6.44. The van der Waals surface area contributed by atoms with Crippen LogP contribution in [0.2, 0.25) is 0 Å². The molecule has 1 atom stereocenters. The van der Waals surface area contributed by atoms with Crippen LogP contribution in [0.1, 0.15) is 233 Å². The van der Waals surface area contributed by atoms with Crippen LogP contribution in [0, 0.1) is 0 Å². The van der Waals surface area contributed by atoms with Crippen molar-refractivity contribution in [2.75, 3.05) is 13.2 Å². The fourth-order valence-electron chi connectivity index (χ4n) is 6.61. The molecule has 0 rings (SSSR count). The van der Waals surface area contributed by atoms with Gasteiger partial charge >= 0.3 is 17.9 Å². The molecule has 6 nitrogen and oxygen atoms in total. The van der Waals surface area contributed by atoms with Crippen LogP contribution in [0.5, 0.6) is 0 Å². The van der Waals surface area contributed by atoms with Crippen molar-refractivity contribution in [3.05, 3.63) is 60.8 Å². The number of carbonyl (C=O) groups is 3. The Balaban J connectivity index is 4.40. The van der Waals surface area contributed by atoms with Gasteiger partial charge in [-0.3, -0.25) is 14.4 Å². The van der Waals surface area contributed by atoms with Crippen LogP contribution in [0.4, 0.5) is 0 Å². The van der Waals surface area contributed by atoms with Crippen LogP contribution in [0.25, 0.3) is 0 Å². The maximum atomic E-state index is 12.7. The lowest BCUT2D eigenvalue weighted by atomic mass is 10.0. The molecule has 0 heterocycles. The first-order valence-electron chi connectivity index (χ1n) is 24.3. The fraction of sp³-hybridized carbons (Fsp3) is 0.750. The third kappa shape index (κ3) is 44.2. The molecule has 58 heavy (non-hydrogen) atoms. The van der Waals surface area contributed by atoms with Crippen molar-refractivity contribution >= 4 is 17.9 Å². The number of hydrogen-bond acceptors (Lipinski definition) is 6. The average molecular weight is 811 g/mol. The van der Waals surface area contributed by atoms with Gasteiger partial charge in [0.2, 0.25) is 0 Å². The summed E-state index contributed by atoms with van der Waals surface area (Å²) in [5.74, 6) is -0.960. The molecule has 0 saturated heterocycles. The first-order chi connectivity index (χ1) is 28.5. The molecule has 0 bridgehead atoms. The quantitative estimate of drug-likeness (QED) is 0.0264. The zero-order valence-corrected chi connectivity index (χ0v) is 38.0. The summed E-state index contributed by atoms with van der Waals surface area (Å²) in [6, 6.07) is 0. The molecular formula is C52H90O6. The van der Waals surface area contributed by atoms with Crippen molar-refractivity contribution in [3.8, 4) is 0 Å². The Bertz CT molecular complexity index is 1070. The van der Waals surface area contributed by atoms with Gasteiger partial charge in [0, 0.05) is 19.3 Å². The van der Waals surface area contributed by atoms with E-state index in [4.69, 9.17) is 14.2 Å². The molecule has 0 amide bonds. The number of unbranched alkanes of at least 4 members (excludes halogenated alkanes) is 22. The number of hydrogen-bond donors (Lipinski definition) is 0. The zero-order chi connectivity index (χ0) is 42.3. The van der Waals surface area contributed by atoms with E-state index in [1.165, 1.54) is 103 Å². The molecule has 0 spiro atoms. The Kier molecular flexibility index (Phi) is 44.5. The van der Waals surface area contributed by atoms with Gasteiger partial charge in [-0.1, -0.05) is 197 Å². The summed E-state index contributed by atoms with van der Waals surface area (Å²) in [6.07, 6.45) is 56.4. The van der Waals surface area contributed by atoms with E-state index in [2.05, 4.69) is 81.5 Å². The second-order valence-corrected chi connectivity index (χ2v) is 16.0. The highest BCUT2D eigenvalue weighted by Gasteiger charge is 2.19. The van der Waals surface area contributed by atoms with Gasteiger partial charge in [0.15, 0.2) is 6.10 Å². The van der Waals surface area contributed by atoms with E-state index in [1.54, 1.807) is 0 Å². The van der Waals surface area contributed by atoms with E-state index >= 15 is 0 Å². The summed E-state index contributed by atoms with van der Waals surface area (Å²) >= 11 is 0. The van der Waals surface area contributed by atoms with Crippen LogP contribution in [-0.4, -0.2) is 37.2 Å². The highest BCUT2D eigenvalue weighted by atomic mass is 16.6. The molecule has 1 unspecified atom stereocenters. The number of esters is 3. The van der Waals surface area contributed by atoms with Gasteiger partial charge in [-0.2, -0.15) is 0 Å². The Morgan fingerprint density at radius 1 is 0.362 bits per heavy atom. The van der Waals surface area contributed by atoms with Crippen LogP contribution in [0.15, 0.2) is 60.8 Å². The fourth-order valence-corrected chi connectivity index (χ4v) is 6.61. The Hall–Kier alpha value is -2.89. The largest absolute Gasteiger partial charge is 0.462 e. The van der Waals surface area contributed by atoms with E-state index in [0.29, 0.717) is 25.7 Å². The minimum Gasteiger partial charge on any atom is -0.462 e.